The van der Waals surface area contributed by atoms with Crippen molar-refractivity contribution in [3.63, 3.8) is 0 Å². The summed E-state index contributed by atoms with van der Waals surface area (Å²) >= 11 is 11.6. The Hall–Kier alpha value is -2.17. The number of halogens is 8. The Bertz CT molecular complexity index is 1080. The largest absolute Gasteiger partial charge is 0.502 e. The molecule has 0 bridgehead atoms. The van der Waals surface area contributed by atoms with Gasteiger partial charge >= 0.3 is 11.7 Å². The Morgan fingerprint density at radius 1 is 1.17 bits per heavy atom. The van der Waals surface area contributed by atoms with Crippen molar-refractivity contribution in [1.29, 1.82) is 5.26 Å². The lowest BCUT2D eigenvalue weighted by Gasteiger charge is -2.15. The van der Waals surface area contributed by atoms with Crippen molar-refractivity contribution in [3.8, 4) is 17.6 Å². The van der Waals surface area contributed by atoms with Gasteiger partial charge in [-0.05, 0) is 19.1 Å². The van der Waals surface area contributed by atoms with Crippen LogP contribution >= 0.6 is 23.2 Å². The highest BCUT2D eigenvalue weighted by atomic mass is 35.5. The summed E-state index contributed by atoms with van der Waals surface area (Å²) in [7, 11) is -6.11. The minimum Gasteiger partial charge on any atom is -0.477 e. The van der Waals surface area contributed by atoms with Crippen LogP contribution in [0.15, 0.2) is 17.0 Å². The van der Waals surface area contributed by atoms with Gasteiger partial charge in [0.25, 0.3) is 9.84 Å². The Kier molecular flexibility index (Phi) is 6.04. The zero-order chi connectivity index (χ0) is 22.4. The molecule has 15 heteroatoms. The number of alkyl halides is 6. The third-order valence-corrected chi connectivity index (χ3v) is 5.41. The Morgan fingerprint density at radius 3 is 2.07 bits per heavy atom. The fraction of sp³-hybridized carbons (Fsp3) is 0.286. The minimum absolute atomic E-state index is 0.339. The molecule has 0 aliphatic carbocycles. The number of hydrogen-bond donors (Lipinski definition) is 0. The lowest BCUT2D eigenvalue weighted by molar-refractivity contribution is -0.137. The molecule has 1 aromatic heterocycles. The van der Waals surface area contributed by atoms with Gasteiger partial charge in [0.15, 0.2) is 10.6 Å². The zero-order valence-corrected chi connectivity index (χ0v) is 16.2. The van der Waals surface area contributed by atoms with E-state index in [1.54, 1.807) is 0 Å². The number of nitriles is 1. The number of sulfone groups is 1. The van der Waals surface area contributed by atoms with Gasteiger partial charge in [0.05, 0.1) is 22.2 Å². The molecule has 0 saturated heterocycles. The van der Waals surface area contributed by atoms with E-state index in [0.29, 0.717) is 16.8 Å². The second kappa shape index (κ2) is 7.58. The van der Waals surface area contributed by atoms with Gasteiger partial charge in [-0.3, -0.25) is 0 Å². The summed E-state index contributed by atoms with van der Waals surface area (Å²) in [4.78, 5) is -1.61. The summed E-state index contributed by atoms with van der Waals surface area (Å²) in [5.41, 5.74) is -8.90. The maximum Gasteiger partial charge on any atom is 0.502 e. The summed E-state index contributed by atoms with van der Waals surface area (Å²) in [5, 5.41) is 11.0. The molecule has 0 amide bonds. The molecule has 158 valence electrons. The molecule has 29 heavy (non-hydrogen) atoms. The van der Waals surface area contributed by atoms with E-state index in [1.807, 2.05) is 0 Å². The van der Waals surface area contributed by atoms with Crippen LogP contribution in [-0.2, 0) is 16.0 Å². The molecule has 0 fully saturated rings. The van der Waals surface area contributed by atoms with Gasteiger partial charge in [0, 0.05) is 0 Å². The smallest absolute Gasteiger partial charge is 0.477 e. The molecule has 0 aliphatic heterocycles. The van der Waals surface area contributed by atoms with Crippen molar-refractivity contribution in [2.75, 3.05) is 6.61 Å². The van der Waals surface area contributed by atoms with E-state index >= 15 is 0 Å². The van der Waals surface area contributed by atoms with Gasteiger partial charge in [-0.25, -0.2) is 8.42 Å². The average Bonchev–Trinajstić information content (AvgIpc) is 2.91. The molecule has 0 saturated carbocycles. The molecule has 1 aromatic carbocycles. The predicted octanol–water partition coefficient (Wildman–Crippen LogP) is 4.76. The normalized spacial score (nSPS) is 12.7. The lowest BCUT2D eigenvalue weighted by Crippen LogP contribution is -2.24. The number of nitrogens with zero attached hydrogens (tertiary/aromatic N) is 3. The van der Waals surface area contributed by atoms with Gasteiger partial charge in [-0.2, -0.15) is 41.4 Å². The first-order valence-electron chi connectivity index (χ1n) is 7.20. The summed E-state index contributed by atoms with van der Waals surface area (Å²) in [6, 6.07) is 1.99. The van der Waals surface area contributed by atoms with Crippen LogP contribution < -0.4 is 4.74 Å². The third kappa shape index (κ3) is 4.10. The second-order valence-electron chi connectivity index (χ2n) is 5.17. The first-order chi connectivity index (χ1) is 13.2. The van der Waals surface area contributed by atoms with Crippen LogP contribution in [0, 0.1) is 11.3 Å². The highest BCUT2D eigenvalue weighted by Gasteiger charge is 2.52. The van der Waals surface area contributed by atoms with Crippen LogP contribution in [0.3, 0.4) is 0 Å². The third-order valence-electron chi connectivity index (χ3n) is 3.32. The van der Waals surface area contributed by atoms with Crippen LogP contribution in [0.5, 0.6) is 5.88 Å². The molecule has 1 heterocycles. The highest BCUT2D eigenvalue weighted by Crippen LogP contribution is 2.43. The molecule has 0 unspecified atom stereocenters. The quantitative estimate of drug-likeness (QED) is 0.587. The van der Waals surface area contributed by atoms with Crippen molar-refractivity contribution in [2.45, 2.75) is 23.5 Å². The van der Waals surface area contributed by atoms with E-state index in [1.165, 1.54) is 13.0 Å². The Balaban J connectivity index is 2.92. The Labute approximate surface area is 169 Å². The molecular weight excluding hydrogens is 475 g/mol. The monoisotopic (exact) mass is 481 g/mol. The molecule has 0 aliphatic rings. The fourth-order valence-corrected chi connectivity index (χ4v) is 3.76. The van der Waals surface area contributed by atoms with E-state index in [0.717, 1.165) is 0 Å². The molecular formula is C14H7Cl2F6N3O3S. The standard InChI is InChI=1S/C14H7Cl2F6N3O3S/c1-2-28-12-11(29(26,27)14(20,21)22)9(5-23)24-25(12)10-7(15)3-6(4-8(10)16)13(17,18)19/h3-4H,2H2,1H3. The molecule has 0 atom stereocenters. The predicted molar refractivity (Wildman–Crippen MR) is 87.7 cm³/mol. The maximum atomic E-state index is 13.0. The number of hydrogen-bond acceptors (Lipinski definition) is 5. The molecule has 0 spiro atoms. The van der Waals surface area contributed by atoms with Crippen LogP contribution in [-0.4, -0.2) is 30.3 Å². The zero-order valence-electron chi connectivity index (χ0n) is 13.9. The van der Waals surface area contributed by atoms with E-state index < -0.39 is 59.3 Å². The van der Waals surface area contributed by atoms with Gasteiger partial charge in [-0.1, -0.05) is 23.2 Å². The van der Waals surface area contributed by atoms with Crippen LogP contribution in [0.1, 0.15) is 18.2 Å². The number of rotatable bonds is 4. The topological polar surface area (TPSA) is 85.0 Å². The van der Waals surface area contributed by atoms with Crippen molar-refractivity contribution in [1.82, 2.24) is 9.78 Å². The summed E-state index contributed by atoms with van der Waals surface area (Å²) in [5.74, 6) is -1.08. The van der Waals surface area contributed by atoms with E-state index in [2.05, 4.69) is 5.10 Å². The van der Waals surface area contributed by atoms with Crippen molar-refractivity contribution in [2.24, 2.45) is 0 Å². The van der Waals surface area contributed by atoms with Gasteiger partial charge in [0.1, 0.15) is 11.8 Å². The number of benzene rings is 1. The molecule has 2 rings (SSSR count). The number of aromatic nitrogens is 2. The van der Waals surface area contributed by atoms with Crippen LogP contribution in [0.4, 0.5) is 26.3 Å². The molecule has 0 N–H and O–H groups in total. The maximum absolute atomic E-state index is 13.0. The minimum atomic E-state index is -6.11. The van der Waals surface area contributed by atoms with Gasteiger partial charge in [0.2, 0.25) is 5.88 Å². The lowest BCUT2D eigenvalue weighted by atomic mass is 10.2. The van der Waals surface area contributed by atoms with Gasteiger partial charge < -0.3 is 4.74 Å². The fourth-order valence-electron chi connectivity index (χ4n) is 2.17. The molecule has 0 radical (unpaired) electrons. The summed E-state index contributed by atoms with van der Waals surface area (Å²) in [6.45, 7) is 0.899. The van der Waals surface area contributed by atoms with E-state index in [4.69, 9.17) is 33.2 Å². The second-order valence-corrected chi connectivity index (χ2v) is 7.87. The van der Waals surface area contributed by atoms with Gasteiger partial charge in [-0.15, -0.1) is 0 Å². The first kappa shape index (κ1) is 23.1. The highest BCUT2D eigenvalue weighted by molar-refractivity contribution is 7.92. The molecule has 2 aromatic rings. The number of ether oxygens (including phenoxy) is 1. The van der Waals surface area contributed by atoms with Crippen molar-refractivity contribution >= 4 is 33.0 Å². The van der Waals surface area contributed by atoms with Crippen molar-refractivity contribution in [3.05, 3.63) is 33.4 Å². The van der Waals surface area contributed by atoms with E-state index in [-0.39, 0.29) is 6.61 Å². The summed E-state index contributed by atoms with van der Waals surface area (Å²) in [6.07, 6.45) is -4.85. The molecule has 6 nitrogen and oxygen atoms in total. The Morgan fingerprint density at radius 2 is 1.69 bits per heavy atom. The van der Waals surface area contributed by atoms with Crippen LogP contribution in [0.25, 0.3) is 5.69 Å². The van der Waals surface area contributed by atoms with E-state index in [9.17, 15) is 34.8 Å². The SMILES string of the molecule is CCOc1c(S(=O)(=O)C(F)(F)F)c(C#N)nn1-c1c(Cl)cc(C(F)(F)F)cc1Cl. The van der Waals surface area contributed by atoms with Crippen molar-refractivity contribution < 1.29 is 39.5 Å². The summed E-state index contributed by atoms with van der Waals surface area (Å²) < 4.78 is 107. The van der Waals surface area contributed by atoms with Crippen LogP contribution in [0.2, 0.25) is 10.0 Å². The average molecular weight is 482 g/mol. The first-order valence-corrected chi connectivity index (χ1v) is 9.44.